The molecule has 0 fully saturated rings. The van der Waals surface area contributed by atoms with Crippen molar-refractivity contribution in [2.45, 2.75) is 45.3 Å². The van der Waals surface area contributed by atoms with Crippen LogP contribution in [-0.4, -0.2) is 40.3 Å². The number of nitrogens with one attached hydrogen (secondary N) is 2. The normalized spacial score (nSPS) is 15.4. The molecule has 0 saturated carbocycles. The average molecular weight is 344 g/mol. The molecule has 2 unspecified atom stereocenters. The van der Waals surface area contributed by atoms with Crippen molar-refractivity contribution >= 4 is 28.1 Å². The number of aliphatic imine (C=N–C) groups is 1. The van der Waals surface area contributed by atoms with Gasteiger partial charge < -0.3 is 10.6 Å². The van der Waals surface area contributed by atoms with Gasteiger partial charge in [-0.15, -0.1) is 11.3 Å². The lowest BCUT2D eigenvalue weighted by molar-refractivity contribution is 0.647. The Balaban J connectivity index is 2.47. The van der Waals surface area contributed by atoms with Crippen molar-refractivity contribution < 1.29 is 4.21 Å². The second kappa shape index (κ2) is 9.30. The molecule has 0 radical (unpaired) electrons. The minimum absolute atomic E-state index is 0.162. The average Bonchev–Trinajstić information content (AvgIpc) is 2.97. The van der Waals surface area contributed by atoms with Crippen LogP contribution in [0.2, 0.25) is 0 Å². The molecule has 0 amide bonds. The molecule has 0 aromatic carbocycles. The fourth-order valence-corrected chi connectivity index (χ4v) is 3.48. The van der Waals surface area contributed by atoms with E-state index in [0.29, 0.717) is 18.2 Å². The fourth-order valence-electron chi connectivity index (χ4n) is 1.80. The molecule has 2 atom stereocenters. The summed E-state index contributed by atoms with van der Waals surface area (Å²) >= 11 is 1.77. The van der Waals surface area contributed by atoms with Gasteiger partial charge in [-0.2, -0.15) is 0 Å². The quantitative estimate of drug-likeness (QED) is 0.591. The van der Waals surface area contributed by atoms with Gasteiger partial charge in [0, 0.05) is 45.2 Å². The molecule has 4 nitrogen and oxygen atoms in total. The number of hydrogen-bond donors (Lipinski definition) is 2. The van der Waals surface area contributed by atoms with Crippen molar-refractivity contribution in [3.8, 4) is 0 Å². The number of thiophene rings is 1. The van der Waals surface area contributed by atoms with Crippen LogP contribution in [0.3, 0.4) is 0 Å². The predicted octanol–water partition coefficient (Wildman–Crippen LogP) is 2.95. The monoisotopic (exact) mass is 343 g/mol. The van der Waals surface area contributed by atoms with Crippen LogP contribution in [0.4, 0.5) is 0 Å². The van der Waals surface area contributed by atoms with E-state index in [-0.39, 0.29) is 4.75 Å². The second-order valence-corrected chi connectivity index (χ2v) is 9.53. The van der Waals surface area contributed by atoms with Crippen LogP contribution in [0.25, 0.3) is 0 Å². The number of nitrogens with zero attached hydrogens (tertiary/aromatic N) is 1. The van der Waals surface area contributed by atoms with Gasteiger partial charge in [-0.25, -0.2) is 0 Å². The third-order valence-corrected chi connectivity index (χ3v) is 6.20. The number of hydrogen-bond acceptors (Lipinski definition) is 3. The standard InChI is InChI=1S/C16H29N3OS2/c1-6-17-15(18-9-11-22(20)16(3,4)5)19-12-13(2)14-8-7-10-21-14/h7-8,10,13H,6,9,11-12H2,1-5H3,(H2,17,18,19). The summed E-state index contributed by atoms with van der Waals surface area (Å²) in [6.07, 6.45) is 0. The van der Waals surface area contributed by atoms with Crippen LogP contribution in [0.5, 0.6) is 0 Å². The highest BCUT2D eigenvalue weighted by molar-refractivity contribution is 7.86. The van der Waals surface area contributed by atoms with Crippen molar-refractivity contribution in [2.24, 2.45) is 4.99 Å². The molecule has 1 aromatic rings. The molecule has 1 aromatic heterocycles. The SMILES string of the molecule is CCNC(=NCC(C)c1cccs1)NCCS(=O)C(C)(C)C. The van der Waals surface area contributed by atoms with Gasteiger partial charge in [0.25, 0.3) is 0 Å². The van der Waals surface area contributed by atoms with Crippen molar-refractivity contribution in [1.29, 1.82) is 0 Å². The maximum absolute atomic E-state index is 12.0. The molecule has 0 aliphatic carbocycles. The zero-order valence-electron chi connectivity index (χ0n) is 14.3. The van der Waals surface area contributed by atoms with Gasteiger partial charge >= 0.3 is 0 Å². The van der Waals surface area contributed by atoms with Gasteiger partial charge in [0.05, 0.1) is 6.54 Å². The molecule has 0 saturated heterocycles. The second-order valence-electron chi connectivity index (χ2n) is 6.22. The maximum atomic E-state index is 12.0. The number of rotatable bonds is 7. The van der Waals surface area contributed by atoms with E-state index in [9.17, 15) is 4.21 Å². The third kappa shape index (κ3) is 6.92. The van der Waals surface area contributed by atoms with Crippen LogP contribution >= 0.6 is 11.3 Å². The molecule has 0 aliphatic rings. The van der Waals surface area contributed by atoms with E-state index >= 15 is 0 Å². The van der Waals surface area contributed by atoms with Crippen LogP contribution in [0.15, 0.2) is 22.5 Å². The minimum Gasteiger partial charge on any atom is -0.357 e. The summed E-state index contributed by atoms with van der Waals surface area (Å²) in [6, 6.07) is 4.23. The first-order valence-corrected chi connectivity index (χ1v) is 9.98. The molecule has 0 bridgehead atoms. The Kier molecular flexibility index (Phi) is 8.10. The largest absolute Gasteiger partial charge is 0.357 e. The van der Waals surface area contributed by atoms with Crippen molar-refractivity contribution in [3.63, 3.8) is 0 Å². The third-order valence-electron chi connectivity index (χ3n) is 3.16. The Bertz CT molecular complexity index is 478. The summed E-state index contributed by atoms with van der Waals surface area (Å²) in [7, 11) is -0.838. The minimum atomic E-state index is -0.838. The maximum Gasteiger partial charge on any atom is 0.191 e. The van der Waals surface area contributed by atoms with Gasteiger partial charge in [-0.1, -0.05) is 13.0 Å². The first kappa shape index (κ1) is 19.2. The highest BCUT2D eigenvalue weighted by Gasteiger charge is 2.18. The van der Waals surface area contributed by atoms with Crippen LogP contribution in [0.1, 0.15) is 45.4 Å². The van der Waals surface area contributed by atoms with E-state index < -0.39 is 10.8 Å². The zero-order valence-corrected chi connectivity index (χ0v) is 15.9. The Morgan fingerprint density at radius 3 is 2.68 bits per heavy atom. The first-order valence-electron chi connectivity index (χ1n) is 7.78. The van der Waals surface area contributed by atoms with E-state index in [0.717, 1.165) is 19.0 Å². The smallest absolute Gasteiger partial charge is 0.191 e. The van der Waals surface area contributed by atoms with Crippen molar-refractivity contribution in [3.05, 3.63) is 22.4 Å². The lowest BCUT2D eigenvalue weighted by Gasteiger charge is -2.18. The Labute approximate surface area is 141 Å². The number of guanidine groups is 1. The lowest BCUT2D eigenvalue weighted by Crippen LogP contribution is -2.40. The van der Waals surface area contributed by atoms with Crippen molar-refractivity contribution in [1.82, 2.24) is 10.6 Å². The molecule has 0 aliphatic heterocycles. The van der Waals surface area contributed by atoms with Gasteiger partial charge in [0.2, 0.25) is 0 Å². The van der Waals surface area contributed by atoms with Gasteiger partial charge in [-0.3, -0.25) is 9.20 Å². The lowest BCUT2D eigenvalue weighted by atomic mass is 10.1. The summed E-state index contributed by atoms with van der Waals surface area (Å²) in [5.41, 5.74) is 0. The molecule has 2 N–H and O–H groups in total. The molecule has 126 valence electrons. The summed E-state index contributed by atoms with van der Waals surface area (Å²) in [5, 5.41) is 8.61. The van der Waals surface area contributed by atoms with Crippen LogP contribution in [-0.2, 0) is 10.8 Å². The van der Waals surface area contributed by atoms with E-state index in [2.05, 4.69) is 40.1 Å². The Morgan fingerprint density at radius 2 is 2.14 bits per heavy atom. The summed E-state index contributed by atoms with van der Waals surface area (Å²) in [6.45, 7) is 12.5. The highest BCUT2D eigenvalue weighted by atomic mass is 32.2. The molecule has 22 heavy (non-hydrogen) atoms. The topological polar surface area (TPSA) is 53.5 Å². The molecule has 0 spiro atoms. The summed E-state index contributed by atoms with van der Waals surface area (Å²) < 4.78 is 11.9. The highest BCUT2D eigenvalue weighted by Crippen LogP contribution is 2.20. The molecular weight excluding hydrogens is 314 g/mol. The van der Waals surface area contributed by atoms with E-state index in [1.807, 2.05) is 27.7 Å². The molecule has 6 heteroatoms. The molecular formula is C16H29N3OS2. The summed E-state index contributed by atoms with van der Waals surface area (Å²) in [4.78, 5) is 5.99. The fraction of sp³-hybridized carbons (Fsp3) is 0.688. The Hall–Kier alpha value is -0.880. The first-order chi connectivity index (χ1) is 10.3. The van der Waals surface area contributed by atoms with E-state index in [1.165, 1.54) is 4.88 Å². The molecule has 1 heterocycles. The predicted molar refractivity (Wildman–Crippen MR) is 99.5 cm³/mol. The summed E-state index contributed by atoms with van der Waals surface area (Å²) in [5.74, 6) is 1.85. The zero-order chi connectivity index (χ0) is 16.6. The van der Waals surface area contributed by atoms with Crippen LogP contribution in [0, 0.1) is 0 Å². The van der Waals surface area contributed by atoms with E-state index in [4.69, 9.17) is 0 Å². The van der Waals surface area contributed by atoms with Gasteiger partial charge in [0.15, 0.2) is 5.96 Å². The van der Waals surface area contributed by atoms with E-state index in [1.54, 1.807) is 11.3 Å². The van der Waals surface area contributed by atoms with Gasteiger partial charge in [-0.05, 0) is 39.1 Å². The van der Waals surface area contributed by atoms with Crippen molar-refractivity contribution in [2.75, 3.05) is 25.4 Å². The molecule has 1 rings (SSSR count). The van der Waals surface area contributed by atoms with Crippen LogP contribution < -0.4 is 10.6 Å². The Morgan fingerprint density at radius 1 is 1.41 bits per heavy atom. The van der Waals surface area contributed by atoms with Gasteiger partial charge in [0.1, 0.15) is 0 Å².